The Morgan fingerprint density at radius 1 is 1.00 bits per heavy atom. The Labute approximate surface area is 146 Å². The van der Waals surface area contributed by atoms with Gasteiger partial charge in [0.1, 0.15) is 5.52 Å². The molecule has 1 aliphatic rings. The molecule has 7 nitrogen and oxygen atoms in total. The van der Waals surface area contributed by atoms with E-state index in [-0.39, 0.29) is 6.79 Å². The highest BCUT2D eigenvalue weighted by Crippen LogP contribution is 2.35. The normalized spacial score (nSPS) is 12.8. The van der Waals surface area contributed by atoms with E-state index in [2.05, 4.69) is 15.1 Å². The van der Waals surface area contributed by atoms with E-state index in [1.807, 2.05) is 42.5 Å². The van der Waals surface area contributed by atoms with Gasteiger partial charge in [0, 0.05) is 5.56 Å². The van der Waals surface area contributed by atoms with Crippen LogP contribution in [0.4, 0.5) is 0 Å². The number of thioether (sulfide) groups is 1. The summed E-state index contributed by atoms with van der Waals surface area (Å²) in [6.45, 7) is 0.234. The average Bonchev–Trinajstić information content (AvgIpc) is 3.37. The third kappa shape index (κ3) is 2.70. The van der Waals surface area contributed by atoms with Crippen LogP contribution in [-0.4, -0.2) is 21.9 Å². The van der Waals surface area contributed by atoms with Gasteiger partial charge >= 0.3 is 0 Å². The van der Waals surface area contributed by atoms with Crippen LogP contribution in [0.2, 0.25) is 0 Å². The number of aromatic nitrogens is 3. The fraction of sp³-hybridized carbons (Fsp3) is 0.118. The number of fused-ring (bicyclic) bond motifs is 2. The second-order valence-electron chi connectivity index (χ2n) is 5.32. The van der Waals surface area contributed by atoms with Crippen molar-refractivity contribution in [3.63, 3.8) is 0 Å². The molecule has 0 saturated carbocycles. The highest BCUT2D eigenvalue weighted by Gasteiger charge is 2.17. The maximum absolute atomic E-state index is 5.66. The molecule has 8 heteroatoms. The van der Waals surface area contributed by atoms with Crippen LogP contribution in [0.25, 0.3) is 22.5 Å². The van der Waals surface area contributed by atoms with Gasteiger partial charge < -0.3 is 18.4 Å². The number of rotatable bonds is 4. The molecule has 0 atom stereocenters. The van der Waals surface area contributed by atoms with Crippen LogP contribution in [0.15, 0.2) is 56.6 Å². The molecule has 3 heterocycles. The van der Waals surface area contributed by atoms with Gasteiger partial charge in [-0.2, -0.15) is 4.98 Å². The van der Waals surface area contributed by atoms with Crippen molar-refractivity contribution in [3.05, 3.63) is 48.4 Å². The van der Waals surface area contributed by atoms with Crippen LogP contribution in [0.3, 0.4) is 0 Å². The molecule has 0 unspecified atom stereocenters. The van der Waals surface area contributed by atoms with Crippen LogP contribution < -0.4 is 9.47 Å². The van der Waals surface area contributed by atoms with Gasteiger partial charge in [-0.3, -0.25) is 0 Å². The molecule has 4 aromatic rings. The van der Waals surface area contributed by atoms with Crippen LogP contribution in [0.1, 0.15) is 5.89 Å². The molecule has 2 aromatic carbocycles. The minimum Gasteiger partial charge on any atom is -0.454 e. The number of oxazole rings is 1. The molecule has 0 radical (unpaired) electrons. The molecule has 0 fully saturated rings. The number of hydrogen-bond donors (Lipinski definition) is 0. The Balaban J connectivity index is 1.32. The summed E-state index contributed by atoms with van der Waals surface area (Å²) in [5.74, 6) is 2.89. The van der Waals surface area contributed by atoms with E-state index in [9.17, 15) is 0 Å². The van der Waals surface area contributed by atoms with Crippen molar-refractivity contribution in [3.8, 4) is 22.9 Å². The molecule has 0 spiro atoms. The lowest BCUT2D eigenvalue weighted by atomic mass is 10.2. The lowest BCUT2D eigenvalue weighted by molar-refractivity contribution is 0.174. The third-order valence-electron chi connectivity index (χ3n) is 3.69. The summed E-state index contributed by atoms with van der Waals surface area (Å²) in [6.07, 6.45) is 0. The number of para-hydroxylation sites is 2. The fourth-order valence-electron chi connectivity index (χ4n) is 2.50. The predicted molar refractivity (Wildman–Crippen MR) is 89.4 cm³/mol. The highest BCUT2D eigenvalue weighted by atomic mass is 32.2. The standard InChI is InChI=1S/C17H11N3O4S/c1-2-4-12-11(3-1)18-17(23-12)25-8-15-19-16(20-24-15)10-5-6-13-14(7-10)22-9-21-13/h1-7H,8-9H2. The van der Waals surface area contributed by atoms with Crippen molar-refractivity contribution >= 4 is 22.9 Å². The molecule has 0 saturated heterocycles. The fourth-order valence-corrected chi connectivity index (χ4v) is 3.18. The van der Waals surface area contributed by atoms with E-state index in [1.54, 1.807) is 0 Å². The smallest absolute Gasteiger partial charge is 0.257 e. The van der Waals surface area contributed by atoms with Crippen molar-refractivity contribution in [2.75, 3.05) is 6.79 Å². The van der Waals surface area contributed by atoms with Gasteiger partial charge in [-0.1, -0.05) is 29.1 Å². The van der Waals surface area contributed by atoms with Gasteiger partial charge in [0.15, 0.2) is 17.1 Å². The first-order valence-electron chi connectivity index (χ1n) is 7.56. The van der Waals surface area contributed by atoms with Crippen molar-refractivity contribution < 1.29 is 18.4 Å². The number of ether oxygens (including phenoxy) is 2. The maximum Gasteiger partial charge on any atom is 0.257 e. The van der Waals surface area contributed by atoms with Gasteiger partial charge in [-0.05, 0) is 30.3 Å². The SMILES string of the molecule is c1ccc2oc(SCc3nc(-c4ccc5c(c4)OCO5)no3)nc2c1. The minimum atomic E-state index is 0.234. The zero-order chi connectivity index (χ0) is 16.6. The summed E-state index contributed by atoms with van der Waals surface area (Å²) < 4.78 is 21.6. The summed E-state index contributed by atoms with van der Waals surface area (Å²) in [5, 5.41) is 4.59. The lowest BCUT2D eigenvalue weighted by Crippen LogP contribution is -1.92. The largest absolute Gasteiger partial charge is 0.454 e. The second kappa shape index (κ2) is 5.82. The number of benzene rings is 2. The average molecular weight is 353 g/mol. The first-order chi connectivity index (χ1) is 12.3. The molecule has 0 amide bonds. The Morgan fingerprint density at radius 2 is 1.92 bits per heavy atom. The summed E-state index contributed by atoms with van der Waals surface area (Å²) in [5.41, 5.74) is 2.40. The Hall–Kier alpha value is -3.00. The van der Waals surface area contributed by atoms with E-state index in [4.69, 9.17) is 18.4 Å². The summed E-state index contributed by atoms with van der Waals surface area (Å²) in [7, 11) is 0. The van der Waals surface area contributed by atoms with Crippen molar-refractivity contribution in [1.82, 2.24) is 15.1 Å². The zero-order valence-corrected chi connectivity index (χ0v) is 13.7. The predicted octanol–water partition coefficient (Wildman–Crippen LogP) is 3.90. The minimum absolute atomic E-state index is 0.234. The molecule has 2 aromatic heterocycles. The second-order valence-corrected chi connectivity index (χ2v) is 6.24. The van der Waals surface area contributed by atoms with E-state index < -0.39 is 0 Å². The van der Waals surface area contributed by atoms with Gasteiger partial charge in [0.2, 0.25) is 18.5 Å². The molecular formula is C17H11N3O4S. The molecule has 1 aliphatic heterocycles. The van der Waals surface area contributed by atoms with Crippen LogP contribution in [0.5, 0.6) is 11.5 Å². The molecule has 25 heavy (non-hydrogen) atoms. The Bertz CT molecular complexity index is 1030. The topological polar surface area (TPSA) is 83.4 Å². The third-order valence-corrected chi connectivity index (χ3v) is 4.51. The summed E-state index contributed by atoms with van der Waals surface area (Å²) in [6, 6.07) is 13.2. The highest BCUT2D eigenvalue weighted by molar-refractivity contribution is 7.98. The van der Waals surface area contributed by atoms with E-state index in [0.717, 1.165) is 22.4 Å². The Kier molecular flexibility index (Phi) is 3.34. The zero-order valence-electron chi connectivity index (χ0n) is 12.8. The molecule has 0 bridgehead atoms. The number of hydrogen-bond acceptors (Lipinski definition) is 8. The monoisotopic (exact) mass is 353 g/mol. The molecule has 5 rings (SSSR count). The van der Waals surface area contributed by atoms with Crippen molar-refractivity contribution in [2.24, 2.45) is 0 Å². The first kappa shape index (κ1) is 14.4. The quantitative estimate of drug-likeness (QED) is 0.511. The lowest BCUT2D eigenvalue weighted by Gasteiger charge is -1.97. The summed E-state index contributed by atoms with van der Waals surface area (Å²) >= 11 is 1.41. The Morgan fingerprint density at radius 3 is 2.88 bits per heavy atom. The van der Waals surface area contributed by atoms with E-state index in [1.165, 1.54) is 11.8 Å². The molecule has 0 aliphatic carbocycles. The van der Waals surface area contributed by atoms with Crippen molar-refractivity contribution in [2.45, 2.75) is 11.0 Å². The van der Waals surface area contributed by atoms with Gasteiger partial charge in [0.05, 0.1) is 5.75 Å². The van der Waals surface area contributed by atoms with Gasteiger partial charge in [0.25, 0.3) is 5.22 Å². The van der Waals surface area contributed by atoms with Crippen LogP contribution >= 0.6 is 11.8 Å². The van der Waals surface area contributed by atoms with E-state index in [0.29, 0.717) is 28.4 Å². The van der Waals surface area contributed by atoms with E-state index >= 15 is 0 Å². The van der Waals surface area contributed by atoms with Crippen molar-refractivity contribution in [1.29, 1.82) is 0 Å². The first-order valence-corrected chi connectivity index (χ1v) is 8.55. The molecular weight excluding hydrogens is 342 g/mol. The van der Waals surface area contributed by atoms with Crippen LogP contribution in [-0.2, 0) is 5.75 Å². The van der Waals surface area contributed by atoms with Gasteiger partial charge in [-0.15, -0.1) is 0 Å². The van der Waals surface area contributed by atoms with Crippen LogP contribution in [0, 0.1) is 0 Å². The van der Waals surface area contributed by atoms with Gasteiger partial charge in [-0.25, -0.2) is 4.98 Å². The summed E-state index contributed by atoms with van der Waals surface area (Å²) in [4.78, 5) is 8.82. The maximum atomic E-state index is 5.66. The number of nitrogens with zero attached hydrogens (tertiary/aromatic N) is 3. The molecule has 0 N–H and O–H groups in total. The molecule has 124 valence electrons.